The lowest BCUT2D eigenvalue weighted by Crippen LogP contribution is -2.39. The van der Waals surface area contributed by atoms with Gasteiger partial charge in [0.05, 0.1) is 6.61 Å². The Hall–Kier alpha value is -1.76. The normalized spacial score (nSPS) is 24.5. The third kappa shape index (κ3) is 3.61. The second-order valence-corrected chi connectivity index (χ2v) is 9.03. The van der Waals surface area contributed by atoms with Crippen molar-refractivity contribution in [3.8, 4) is 10.6 Å². The van der Waals surface area contributed by atoms with Gasteiger partial charge in [-0.2, -0.15) is 0 Å². The Morgan fingerprint density at radius 2 is 2.07 bits per heavy atom. The maximum absolute atomic E-state index is 5.63. The quantitative estimate of drug-likeness (QED) is 0.694. The van der Waals surface area contributed by atoms with E-state index in [9.17, 15) is 0 Å². The number of hydrogen-bond donors (Lipinski definition) is 1. The minimum absolute atomic E-state index is 0.622. The third-order valence-electron chi connectivity index (χ3n) is 6.34. The zero-order valence-electron chi connectivity index (χ0n) is 16.5. The molecule has 0 atom stereocenters. The number of fused-ring (bicyclic) bond motifs is 1. The first-order valence-electron chi connectivity index (χ1n) is 10.5. The van der Waals surface area contributed by atoms with Crippen LogP contribution in [-0.2, 0) is 4.74 Å². The highest BCUT2D eigenvalue weighted by Gasteiger charge is 2.27. The molecule has 6 heteroatoms. The predicted octanol–water partition coefficient (Wildman–Crippen LogP) is 4.74. The Bertz CT molecular complexity index is 933. The van der Waals surface area contributed by atoms with Crippen molar-refractivity contribution in [1.82, 2.24) is 19.9 Å². The van der Waals surface area contributed by atoms with Crippen LogP contribution in [0.2, 0.25) is 0 Å². The van der Waals surface area contributed by atoms with Gasteiger partial charge in [0.15, 0.2) is 0 Å². The average molecular weight is 397 g/mol. The highest BCUT2D eigenvalue weighted by molar-refractivity contribution is 7.13. The van der Waals surface area contributed by atoms with Gasteiger partial charge in [-0.05, 0) is 56.6 Å². The molecule has 0 unspecified atom stereocenters. The molecule has 0 spiro atoms. The summed E-state index contributed by atoms with van der Waals surface area (Å²) in [5.74, 6) is 0.622. The largest absolute Gasteiger partial charge is 0.380 e. The number of pyridine rings is 1. The van der Waals surface area contributed by atoms with Crippen molar-refractivity contribution < 1.29 is 4.74 Å². The molecule has 0 radical (unpaired) electrons. The lowest BCUT2D eigenvalue weighted by molar-refractivity contribution is 0.118. The number of aromatic nitrogens is 3. The van der Waals surface area contributed by atoms with Gasteiger partial charge in [-0.1, -0.05) is 0 Å². The van der Waals surface area contributed by atoms with Crippen molar-refractivity contribution in [3.05, 3.63) is 35.1 Å². The first-order valence-corrected chi connectivity index (χ1v) is 11.4. The Balaban J connectivity index is 1.33. The van der Waals surface area contributed by atoms with Crippen molar-refractivity contribution in [2.45, 2.75) is 51.0 Å². The van der Waals surface area contributed by atoms with Crippen LogP contribution in [0.5, 0.6) is 0 Å². The van der Waals surface area contributed by atoms with Gasteiger partial charge in [-0.3, -0.25) is 4.90 Å². The Labute approximate surface area is 170 Å². The van der Waals surface area contributed by atoms with Crippen molar-refractivity contribution in [3.63, 3.8) is 0 Å². The minimum atomic E-state index is 0.622. The first-order chi connectivity index (χ1) is 13.8. The van der Waals surface area contributed by atoms with E-state index in [1.807, 2.05) is 6.92 Å². The third-order valence-corrected chi connectivity index (χ3v) is 7.34. The molecule has 1 N–H and O–H groups in total. The van der Waals surface area contributed by atoms with Crippen molar-refractivity contribution in [2.75, 3.05) is 26.3 Å². The standard InChI is InChI=1S/C22H28N4OS/c1-15-14-28-22(25-15)20-13-24-21-19(20)11-17(12-23-21)16-3-5-18(6-4-16)26-7-2-9-27-10-8-26/h11-14,16,18H,2-10H2,1H3,(H,23,24). The van der Waals surface area contributed by atoms with E-state index < -0.39 is 0 Å². The molecule has 4 heterocycles. The van der Waals surface area contributed by atoms with Crippen LogP contribution < -0.4 is 0 Å². The molecule has 28 heavy (non-hydrogen) atoms. The van der Waals surface area contributed by atoms with E-state index in [4.69, 9.17) is 9.72 Å². The number of rotatable bonds is 3. The topological polar surface area (TPSA) is 54.0 Å². The summed E-state index contributed by atoms with van der Waals surface area (Å²) in [7, 11) is 0. The monoisotopic (exact) mass is 396 g/mol. The van der Waals surface area contributed by atoms with Crippen LogP contribution in [0.1, 0.15) is 49.3 Å². The highest BCUT2D eigenvalue weighted by Crippen LogP contribution is 2.37. The predicted molar refractivity (Wildman–Crippen MR) is 114 cm³/mol. The van der Waals surface area contributed by atoms with Crippen molar-refractivity contribution in [1.29, 1.82) is 0 Å². The highest BCUT2D eigenvalue weighted by atomic mass is 32.1. The molecule has 3 aromatic heterocycles. The number of hydrogen-bond acceptors (Lipinski definition) is 5. The van der Waals surface area contributed by atoms with Crippen LogP contribution >= 0.6 is 11.3 Å². The fourth-order valence-corrected chi connectivity index (χ4v) is 5.63. The molecule has 0 amide bonds. The van der Waals surface area contributed by atoms with Crippen LogP contribution in [0.3, 0.4) is 0 Å². The number of ether oxygens (including phenoxy) is 1. The minimum Gasteiger partial charge on any atom is -0.380 e. The van der Waals surface area contributed by atoms with Crippen molar-refractivity contribution >= 4 is 22.4 Å². The zero-order valence-corrected chi connectivity index (χ0v) is 17.3. The molecule has 5 rings (SSSR count). The molecule has 5 nitrogen and oxygen atoms in total. The number of nitrogens with zero attached hydrogens (tertiary/aromatic N) is 3. The smallest absolute Gasteiger partial charge is 0.137 e. The van der Waals surface area contributed by atoms with E-state index in [1.165, 1.54) is 55.2 Å². The van der Waals surface area contributed by atoms with Crippen LogP contribution in [0.25, 0.3) is 21.6 Å². The van der Waals surface area contributed by atoms with Gasteiger partial charge >= 0.3 is 0 Å². The Kier molecular flexibility index (Phi) is 5.18. The molecule has 148 valence electrons. The summed E-state index contributed by atoms with van der Waals surface area (Å²) in [6, 6.07) is 3.09. The summed E-state index contributed by atoms with van der Waals surface area (Å²) >= 11 is 1.71. The van der Waals surface area contributed by atoms with Gasteiger partial charge in [0.2, 0.25) is 0 Å². The number of H-pyrrole nitrogens is 1. The molecule has 2 fully saturated rings. The maximum Gasteiger partial charge on any atom is 0.137 e. The number of aromatic amines is 1. The van der Waals surface area contributed by atoms with Gasteiger partial charge in [0, 0.05) is 60.2 Å². The van der Waals surface area contributed by atoms with E-state index >= 15 is 0 Å². The summed E-state index contributed by atoms with van der Waals surface area (Å²) in [6.45, 7) is 6.17. The zero-order chi connectivity index (χ0) is 18.9. The summed E-state index contributed by atoms with van der Waals surface area (Å²) in [5, 5.41) is 4.40. The van der Waals surface area contributed by atoms with Crippen LogP contribution in [0, 0.1) is 6.92 Å². The number of aryl methyl sites for hydroxylation is 1. The van der Waals surface area contributed by atoms with E-state index in [-0.39, 0.29) is 0 Å². The number of thiazole rings is 1. The molecule has 1 saturated carbocycles. The summed E-state index contributed by atoms with van der Waals surface area (Å²) in [4.78, 5) is 15.4. The van der Waals surface area contributed by atoms with Gasteiger partial charge in [-0.25, -0.2) is 9.97 Å². The fourth-order valence-electron chi connectivity index (χ4n) is 4.80. The maximum atomic E-state index is 5.63. The van der Waals surface area contributed by atoms with E-state index in [2.05, 4.69) is 38.7 Å². The number of nitrogens with one attached hydrogen (secondary N) is 1. The Morgan fingerprint density at radius 1 is 1.18 bits per heavy atom. The molecule has 2 aliphatic rings. The molecule has 1 saturated heterocycles. The fraction of sp³-hybridized carbons (Fsp3) is 0.545. The van der Waals surface area contributed by atoms with Gasteiger partial charge in [0.25, 0.3) is 0 Å². The lowest BCUT2D eigenvalue weighted by atomic mass is 9.81. The molecular weight excluding hydrogens is 368 g/mol. The molecule has 0 bridgehead atoms. The van der Waals surface area contributed by atoms with Gasteiger partial charge in [-0.15, -0.1) is 11.3 Å². The summed E-state index contributed by atoms with van der Waals surface area (Å²) in [6.07, 6.45) is 10.4. The summed E-state index contributed by atoms with van der Waals surface area (Å²) in [5.41, 5.74) is 4.61. The van der Waals surface area contributed by atoms with Crippen LogP contribution in [-0.4, -0.2) is 52.2 Å². The summed E-state index contributed by atoms with van der Waals surface area (Å²) < 4.78 is 5.63. The van der Waals surface area contributed by atoms with Crippen LogP contribution in [0.15, 0.2) is 23.8 Å². The van der Waals surface area contributed by atoms with E-state index in [1.54, 1.807) is 11.3 Å². The SMILES string of the molecule is Cc1csc(-c2c[nH]c3ncc(C4CCC(N5CCCOCC5)CC4)cc23)n1. The average Bonchev–Trinajstić information content (AvgIpc) is 3.24. The second kappa shape index (κ2) is 7.93. The molecule has 1 aliphatic carbocycles. The molecular formula is C22H28N4OS. The van der Waals surface area contributed by atoms with Crippen molar-refractivity contribution in [2.24, 2.45) is 0 Å². The van der Waals surface area contributed by atoms with Crippen LogP contribution in [0.4, 0.5) is 0 Å². The van der Waals surface area contributed by atoms with Gasteiger partial charge < -0.3 is 9.72 Å². The Morgan fingerprint density at radius 3 is 2.89 bits per heavy atom. The lowest BCUT2D eigenvalue weighted by Gasteiger charge is -2.36. The molecule has 3 aromatic rings. The molecule has 1 aliphatic heterocycles. The van der Waals surface area contributed by atoms with E-state index in [0.29, 0.717) is 5.92 Å². The first kappa shape index (κ1) is 18.3. The second-order valence-electron chi connectivity index (χ2n) is 8.17. The molecule has 0 aromatic carbocycles. The van der Waals surface area contributed by atoms with Gasteiger partial charge in [0.1, 0.15) is 10.7 Å². The van der Waals surface area contributed by atoms with E-state index in [0.717, 1.165) is 42.1 Å².